The van der Waals surface area contributed by atoms with Crippen molar-refractivity contribution in [3.05, 3.63) is 65.7 Å². The molecule has 28 heavy (non-hydrogen) atoms. The molecular formula is C24H33NO3. The first kappa shape index (κ1) is 22.1. The van der Waals surface area contributed by atoms with E-state index in [0.29, 0.717) is 30.7 Å². The average molecular weight is 384 g/mol. The molecule has 1 N–H and O–H groups in total. The van der Waals surface area contributed by atoms with Crippen LogP contribution in [0.15, 0.2) is 54.6 Å². The maximum Gasteiger partial charge on any atom is 0.166 e. The van der Waals surface area contributed by atoms with Crippen LogP contribution in [-0.4, -0.2) is 48.1 Å². The van der Waals surface area contributed by atoms with E-state index in [2.05, 4.69) is 18.7 Å². The molecule has 0 bridgehead atoms. The second kappa shape index (κ2) is 12.3. The van der Waals surface area contributed by atoms with Crippen LogP contribution in [0, 0.1) is 0 Å². The SMILES string of the molecule is CCCN(CCC)CC(O)COc1ccccc1C(=O)CCc1ccccc1. The number of hydrogen-bond donors (Lipinski definition) is 1. The molecule has 1 unspecified atom stereocenters. The Bertz CT molecular complexity index is 696. The highest BCUT2D eigenvalue weighted by molar-refractivity contribution is 5.98. The Kier molecular flexibility index (Phi) is 9.73. The second-order valence-corrected chi connectivity index (χ2v) is 7.17. The van der Waals surface area contributed by atoms with E-state index in [1.165, 1.54) is 0 Å². The number of carbonyl (C=O) groups excluding carboxylic acids is 1. The monoisotopic (exact) mass is 383 g/mol. The molecule has 0 saturated carbocycles. The van der Waals surface area contributed by atoms with Gasteiger partial charge in [0.2, 0.25) is 0 Å². The molecule has 0 spiro atoms. The van der Waals surface area contributed by atoms with Crippen molar-refractivity contribution < 1.29 is 14.6 Å². The van der Waals surface area contributed by atoms with Gasteiger partial charge in [0.15, 0.2) is 5.78 Å². The summed E-state index contributed by atoms with van der Waals surface area (Å²) < 4.78 is 5.83. The quantitative estimate of drug-likeness (QED) is 0.522. The minimum absolute atomic E-state index is 0.0625. The molecule has 152 valence electrons. The number of ketones is 1. The predicted octanol–water partition coefficient (Wildman–Crippen LogP) is 4.36. The smallest absolute Gasteiger partial charge is 0.166 e. The van der Waals surface area contributed by atoms with Crippen molar-refractivity contribution in [2.75, 3.05) is 26.2 Å². The molecule has 2 aromatic rings. The molecule has 0 saturated heterocycles. The van der Waals surface area contributed by atoms with Gasteiger partial charge in [-0.1, -0.05) is 56.3 Å². The fraction of sp³-hybridized carbons (Fsp3) is 0.458. The molecule has 0 heterocycles. The number of benzene rings is 2. The first-order valence-electron chi connectivity index (χ1n) is 10.3. The van der Waals surface area contributed by atoms with E-state index in [1.807, 2.05) is 42.5 Å². The second-order valence-electron chi connectivity index (χ2n) is 7.17. The third-order valence-corrected chi connectivity index (χ3v) is 4.65. The molecule has 0 amide bonds. The van der Waals surface area contributed by atoms with Gasteiger partial charge in [-0.3, -0.25) is 4.79 Å². The summed E-state index contributed by atoms with van der Waals surface area (Å²) in [6, 6.07) is 17.3. The lowest BCUT2D eigenvalue weighted by atomic mass is 10.0. The fourth-order valence-electron chi connectivity index (χ4n) is 3.32. The average Bonchev–Trinajstić information content (AvgIpc) is 2.72. The first-order chi connectivity index (χ1) is 13.6. The van der Waals surface area contributed by atoms with Crippen LogP contribution < -0.4 is 4.74 Å². The van der Waals surface area contributed by atoms with Crippen molar-refractivity contribution in [3.63, 3.8) is 0 Å². The van der Waals surface area contributed by atoms with Crippen LogP contribution in [0.2, 0.25) is 0 Å². The van der Waals surface area contributed by atoms with Crippen LogP contribution in [0.1, 0.15) is 49.0 Å². The zero-order chi connectivity index (χ0) is 20.2. The Morgan fingerprint density at radius 2 is 1.64 bits per heavy atom. The molecular weight excluding hydrogens is 350 g/mol. The van der Waals surface area contributed by atoms with Crippen LogP contribution >= 0.6 is 0 Å². The summed E-state index contributed by atoms with van der Waals surface area (Å²) in [6.45, 7) is 7.00. The maximum atomic E-state index is 12.7. The molecule has 4 heteroatoms. The summed E-state index contributed by atoms with van der Waals surface area (Å²) in [5, 5.41) is 10.4. The molecule has 4 nitrogen and oxygen atoms in total. The minimum Gasteiger partial charge on any atom is -0.490 e. The number of carbonyl (C=O) groups is 1. The van der Waals surface area contributed by atoms with E-state index in [1.54, 1.807) is 12.1 Å². The highest BCUT2D eigenvalue weighted by atomic mass is 16.5. The van der Waals surface area contributed by atoms with Crippen molar-refractivity contribution in [2.24, 2.45) is 0 Å². The van der Waals surface area contributed by atoms with Gasteiger partial charge in [-0.25, -0.2) is 0 Å². The molecule has 1 atom stereocenters. The Balaban J connectivity index is 1.91. The zero-order valence-electron chi connectivity index (χ0n) is 17.1. The third-order valence-electron chi connectivity index (χ3n) is 4.65. The molecule has 0 aliphatic heterocycles. The summed E-state index contributed by atoms with van der Waals surface area (Å²) in [5.41, 5.74) is 1.74. The summed E-state index contributed by atoms with van der Waals surface area (Å²) in [4.78, 5) is 14.9. The summed E-state index contributed by atoms with van der Waals surface area (Å²) in [7, 11) is 0. The highest BCUT2D eigenvalue weighted by Gasteiger charge is 2.15. The van der Waals surface area contributed by atoms with Gasteiger partial charge in [0.05, 0.1) is 5.56 Å². The normalized spacial score (nSPS) is 12.1. The van der Waals surface area contributed by atoms with Crippen LogP contribution in [0.5, 0.6) is 5.75 Å². The number of Topliss-reactive ketones (excluding diaryl/α,β-unsaturated/α-hetero) is 1. The summed E-state index contributed by atoms with van der Waals surface area (Å²) in [5.74, 6) is 0.615. The Labute approximate surface area is 169 Å². The molecule has 0 radical (unpaired) electrons. The third kappa shape index (κ3) is 7.45. The van der Waals surface area contributed by atoms with Gasteiger partial charge in [0.1, 0.15) is 18.5 Å². The Morgan fingerprint density at radius 3 is 2.32 bits per heavy atom. The number of nitrogens with zero attached hydrogens (tertiary/aromatic N) is 1. The first-order valence-corrected chi connectivity index (χ1v) is 10.3. The number of aryl methyl sites for hydroxylation is 1. The van der Waals surface area contributed by atoms with E-state index in [9.17, 15) is 9.90 Å². The maximum absolute atomic E-state index is 12.7. The molecule has 0 fully saturated rings. The number of ether oxygens (including phenoxy) is 1. The van der Waals surface area contributed by atoms with Gasteiger partial charge in [-0.05, 0) is 50.0 Å². The van der Waals surface area contributed by atoms with Crippen LogP contribution in [0.25, 0.3) is 0 Å². The van der Waals surface area contributed by atoms with Gasteiger partial charge in [0, 0.05) is 13.0 Å². The number of para-hydroxylation sites is 1. The minimum atomic E-state index is -0.578. The lowest BCUT2D eigenvalue weighted by Gasteiger charge is -2.24. The largest absolute Gasteiger partial charge is 0.490 e. The molecule has 2 aromatic carbocycles. The number of aliphatic hydroxyl groups excluding tert-OH is 1. The van der Waals surface area contributed by atoms with Gasteiger partial charge < -0.3 is 14.7 Å². The highest BCUT2D eigenvalue weighted by Crippen LogP contribution is 2.21. The van der Waals surface area contributed by atoms with Crippen molar-refractivity contribution in [1.29, 1.82) is 0 Å². The fourth-order valence-corrected chi connectivity index (χ4v) is 3.32. The van der Waals surface area contributed by atoms with E-state index < -0.39 is 6.10 Å². The van der Waals surface area contributed by atoms with Crippen molar-refractivity contribution >= 4 is 5.78 Å². The molecule has 0 aliphatic rings. The number of hydrogen-bond acceptors (Lipinski definition) is 4. The molecule has 2 rings (SSSR count). The Morgan fingerprint density at radius 1 is 1.00 bits per heavy atom. The Hall–Kier alpha value is -2.17. The number of aliphatic hydroxyl groups is 1. The summed E-state index contributed by atoms with van der Waals surface area (Å²) >= 11 is 0. The van der Waals surface area contributed by atoms with Crippen LogP contribution in [0.4, 0.5) is 0 Å². The van der Waals surface area contributed by atoms with Crippen molar-refractivity contribution in [1.82, 2.24) is 4.90 Å². The predicted molar refractivity (Wildman–Crippen MR) is 114 cm³/mol. The lowest BCUT2D eigenvalue weighted by Crippen LogP contribution is -2.36. The van der Waals surface area contributed by atoms with E-state index >= 15 is 0 Å². The molecule has 0 aromatic heterocycles. The van der Waals surface area contributed by atoms with Crippen LogP contribution in [-0.2, 0) is 6.42 Å². The van der Waals surface area contributed by atoms with Crippen molar-refractivity contribution in [3.8, 4) is 5.75 Å². The van der Waals surface area contributed by atoms with Crippen molar-refractivity contribution in [2.45, 2.75) is 45.6 Å². The standard InChI is InChI=1S/C24H33NO3/c1-3-16-25(17-4-2)18-21(26)19-28-24-13-9-8-12-22(24)23(27)15-14-20-10-6-5-7-11-20/h5-13,21,26H,3-4,14-19H2,1-2H3. The van der Waals surface area contributed by atoms with Gasteiger partial charge in [0.25, 0.3) is 0 Å². The van der Waals surface area contributed by atoms with Crippen LogP contribution in [0.3, 0.4) is 0 Å². The summed E-state index contributed by atoms with van der Waals surface area (Å²) in [6.07, 6.45) is 2.69. The van der Waals surface area contributed by atoms with Gasteiger partial charge in [-0.15, -0.1) is 0 Å². The van der Waals surface area contributed by atoms with Gasteiger partial charge in [-0.2, -0.15) is 0 Å². The molecule has 0 aliphatic carbocycles. The van der Waals surface area contributed by atoms with Gasteiger partial charge >= 0.3 is 0 Å². The number of rotatable bonds is 13. The van der Waals surface area contributed by atoms with E-state index in [4.69, 9.17) is 4.74 Å². The zero-order valence-corrected chi connectivity index (χ0v) is 17.1. The van der Waals surface area contributed by atoms with E-state index in [0.717, 1.165) is 31.5 Å². The lowest BCUT2D eigenvalue weighted by molar-refractivity contribution is 0.0673. The van der Waals surface area contributed by atoms with E-state index in [-0.39, 0.29) is 12.4 Å². The topological polar surface area (TPSA) is 49.8 Å².